The fourth-order valence-corrected chi connectivity index (χ4v) is 5.22. The van der Waals surface area contributed by atoms with E-state index in [1.165, 1.54) is 42.2 Å². The van der Waals surface area contributed by atoms with Crippen LogP contribution in [0.3, 0.4) is 0 Å². The first kappa shape index (κ1) is 36.6. The molecule has 2 aromatic rings. The summed E-state index contributed by atoms with van der Waals surface area (Å²) in [6.07, 6.45) is -2.01. The Morgan fingerprint density at radius 2 is 1.74 bits per heavy atom. The van der Waals surface area contributed by atoms with Crippen molar-refractivity contribution in [3.8, 4) is 6.07 Å². The molecular formula is C33H41F3N7O4+. The maximum absolute atomic E-state index is 13.9. The predicted octanol–water partition coefficient (Wildman–Crippen LogP) is 4.87. The lowest BCUT2D eigenvalue weighted by Crippen LogP contribution is -2.57. The maximum atomic E-state index is 13.9. The lowest BCUT2D eigenvalue weighted by atomic mass is 9.92. The van der Waals surface area contributed by atoms with Crippen LogP contribution in [0.15, 0.2) is 59.8 Å². The van der Waals surface area contributed by atoms with Crippen molar-refractivity contribution >= 4 is 29.6 Å². The second kappa shape index (κ2) is 15.1. The Labute approximate surface area is 272 Å². The Kier molecular flexibility index (Phi) is 11.8. The number of alkyl halides is 3. The molecule has 1 heterocycles. The standard InChI is InChI=1S/C33H40F3N7O4/c1-22-28(30(45)47-6)29(24-15-13-23(20-37)14-16-24)42(31(38)41(22)26-12-10-11-25(19-26)33(34,35)36)32(46)39-21-27(44)40(2)17-8-7-9-18-43(3,4)5/h10-16,19,29,38H,7-9,17-18,21H2,1-6H3/p+1. The molecule has 0 radical (unpaired) electrons. The molecule has 2 aromatic carbocycles. The summed E-state index contributed by atoms with van der Waals surface area (Å²) in [7, 11) is 9.06. The first-order valence-electron chi connectivity index (χ1n) is 15.0. The Balaban J connectivity index is 1.98. The second-order valence-electron chi connectivity index (χ2n) is 12.3. The van der Waals surface area contributed by atoms with Crippen molar-refractivity contribution in [3.63, 3.8) is 0 Å². The van der Waals surface area contributed by atoms with Gasteiger partial charge in [-0.3, -0.25) is 20.0 Å². The fraction of sp³-hybridized carbons (Fsp3) is 0.424. The predicted molar refractivity (Wildman–Crippen MR) is 170 cm³/mol. The van der Waals surface area contributed by atoms with Gasteiger partial charge in [0.1, 0.15) is 6.04 Å². The first-order chi connectivity index (χ1) is 22.0. The molecule has 14 heteroatoms. The number of anilines is 1. The largest absolute Gasteiger partial charge is 0.466 e. The molecule has 0 fully saturated rings. The number of amides is 3. The van der Waals surface area contributed by atoms with E-state index in [-0.39, 0.29) is 17.0 Å². The molecule has 1 atom stereocenters. The van der Waals surface area contributed by atoms with Gasteiger partial charge in [0.15, 0.2) is 0 Å². The van der Waals surface area contributed by atoms with Crippen LogP contribution in [-0.4, -0.2) is 93.1 Å². The highest BCUT2D eigenvalue weighted by atomic mass is 19.4. The van der Waals surface area contributed by atoms with Crippen LogP contribution in [-0.2, 0) is 20.5 Å². The number of nitrogens with one attached hydrogen (secondary N) is 2. The molecule has 1 aliphatic rings. The summed E-state index contributed by atoms with van der Waals surface area (Å²) < 4.78 is 46.8. The quantitative estimate of drug-likeness (QED) is 0.202. The molecule has 0 saturated carbocycles. The number of halogens is 3. The second-order valence-corrected chi connectivity index (χ2v) is 12.3. The number of hydrogen-bond donors (Lipinski definition) is 2. The molecule has 1 unspecified atom stereocenters. The number of methoxy groups -OCH3 is 1. The Bertz CT molecular complexity index is 1560. The number of hydrogen-bond acceptors (Lipinski definition) is 6. The molecule has 3 amide bonds. The number of nitrogens with zero attached hydrogens (tertiary/aromatic N) is 5. The summed E-state index contributed by atoms with van der Waals surface area (Å²) in [5.74, 6) is -1.85. The van der Waals surface area contributed by atoms with Gasteiger partial charge in [-0.2, -0.15) is 18.4 Å². The summed E-state index contributed by atoms with van der Waals surface area (Å²) in [6.45, 7) is 2.47. The van der Waals surface area contributed by atoms with Crippen LogP contribution in [0.2, 0.25) is 0 Å². The van der Waals surface area contributed by atoms with Crippen molar-refractivity contribution in [1.29, 1.82) is 10.7 Å². The number of likely N-dealkylation sites (N-methyl/N-ethyl adjacent to an activating group) is 1. The van der Waals surface area contributed by atoms with Gasteiger partial charge in [-0.05, 0) is 62.1 Å². The lowest BCUT2D eigenvalue weighted by molar-refractivity contribution is -0.870. The van der Waals surface area contributed by atoms with E-state index in [4.69, 9.17) is 10.1 Å². The van der Waals surface area contributed by atoms with E-state index in [9.17, 15) is 32.8 Å². The van der Waals surface area contributed by atoms with E-state index in [1.54, 1.807) is 7.05 Å². The molecule has 11 nitrogen and oxygen atoms in total. The zero-order chi connectivity index (χ0) is 35.1. The molecule has 0 spiro atoms. The highest BCUT2D eigenvalue weighted by molar-refractivity contribution is 6.10. The van der Waals surface area contributed by atoms with E-state index in [0.29, 0.717) is 17.7 Å². The molecule has 0 aliphatic carbocycles. The molecule has 2 N–H and O–H groups in total. The lowest BCUT2D eigenvalue weighted by Gasteiger charge is -2.43. The van der Waals surface area contributed by atoms with Crippen molar-refractivity contribution in [3.05, 3.63) is 76.5 Å². The Hall–Kier alpha value is -4.90. The molecule has 0 aromatic heterocycles. The smallest absolute Gasteiger partial charge is 0.416 e. The van der Waals surface area contributed by atoms with Crippen LogP contribution < -0.4 is 10.2 Å². The maximum Gasteiger partial charge on any atom is 0.416 e. The molecule has 1 aliphatic heterocycles. The van der Waals surface area contributed by atoms with Gasteiger partial charge in [-0.1, -0.05) is 18.2 Å². The van der Waals surface area contributed by atoms with Gasteiger partial charge in [-0.15, -0.1) is 0 Å². The van der Waals surface area contributed by atoms with Crippen LogP contribution in [0, 0.1) is 16.7 Å². The number of benzene rings is 2. The van der Waals surface area contributed by atoms with Crippen LogP contribution in [0.25, 0.3) is 0 Å². The van der Waals surface area contributed by atoms with E-state index in [2.05, 4.69) is 26.5 Å². The van der Waals surface area contributed by atoms with Crippen LogP contribution in [0.1, 0.15) is 48.9 Å². The van der Waals surface area contributed by atoms with Gasteiger partial charge in [0, 0.05) is 25.0 Å². The normalized spacial score (nSPS) is 15.3. The minimum Gasteiger partial charge on any atom is -0.466 e. The summed E-state index contributed by atoms with van der Waals surface area (Å²) in [5.41, 5.74) is -0.566. The summed E-state index contributed by atoms with van der Waals surface area (Å²) in [6, 6.07) is 9.87. The van der Waals surface area contributed by atoms with Crippen LogP contribution in [0.4, 0.5) is 23.7 Å². The number of rotatable bonds is 11. The van der Waals surface area contributed by atoms with E-state index in [0.717, 1.165) is 65.4 Å². The van der Waals surface area contributed by atoms with Crippen LogP contribution in [0.5, 0.6) is 0 Å². The van der Waals surface area contributed by atoms with Gasteiger partial charge >= 0.3 is 18.2 Å². The number of quaternary nitrogens is 1. The third-order valence-electron chi connectivity index (χ3n) is 7.75. The van der Waals surface area contributed by atoms with Crippen LogP contribution >= 0.6 is 0 Å². The number of unbranched alkanes of at least 4 members (excludes halogenated alkanes) is 2. The zero-order valence-corrected chi connectivity index (χ0v) is 27.4. The van der Waals surface area contributed by atoms with Gasteiger partial charge in [0.25, 0.3) is 0 Å². The first-order valence-corrected chi connectivity index (χ1v) is 15.0. The number of nitriles is 1. The molecular weight excluding hydrogens is 615 g/mol. The van der Waals surface area contributed by atoms with Crippen molar-refractivity contribution in [2.75, 3.05) is 59.8 Å². The van der Waals surface area contributed by atoms with Crippen molar-refractivity contribution in [2.45, 2.75) is 38.4 Å². The molecule has 47 heavy (non-hydrogen) atoms. The van der Waals surface area contributed by atoms with Crippen molar-refractivity contribution < 1.29 is 36.8 Å². The average molecular weight is 657 g/mol. The van der Waals surface area contributed by atoms with E-state index in [1.807, 2.05) is 6.07 Å². The number of carbonyl (C=O) groups is 3. The summed E-state index contributed by atoms with van der Waals surface area (Å²) in [4.78, 5) is 43.5. The van der Waals surface area contributed by atoms with Crippen molar-refractivity contribution in [1.82, 2.24) is 15.1 Å². The number of carbonyl (C=O) groups excluding carboxylic acids is 3. The number of ether oxygens (including phenoxy) is 1. The van der Waals surface area contributed by atoms with Gasteiger partial charge in [-0.25, -0.2) is 9.59 Å². The highest BCUT2D eigenvalue weighted by Crippen LogP contribution is 2.41. The zero-order valence-electron chi connectivity index (χ0n) is 27.4. The topological polar surface area (TPSA) is 130 Å². The summed E-state index contributed by atoms with van der Waals surface area (Å²) in [5, 5.41) is 20.9. The Morgan fingerprint density at radius 3 is 2.32 bits per heavy atom. The minimum atomic E-state index is -4.70. The van der Waals surface area contributed by atoms with Gasteiger partial charge < -0.3 is 19.4 Å². The number of esters is 1. The molecule has 3 rings (SSSR count). The Morgan fingerprint density at radius 1 is 1.09 bits per heavy atom. The third-order valence-corrected chi connectivity index (χ3v) is 7.75. The molecule has 0 saturated heterocycles. The number of urea groups is 1. The van der Waals surface area contributed by atoms with Gasteiger partial charge in [0.05, 0.1) is 64.1 Å². The monoisotopic (exact) mass is 656 g/mol. The third kappa shape index (κ3) is 9.10. The average Bonchev–Trinajstić information content (AvgIpc) is 3.01. The molecule has 252 valence electrons. The number of guanidine groups is 1. The summed E-state index contributed by atoms with van der Waals surface area (Å²) >= 11 is 0. The van der Waals surface area contributed by atoms with Crippen molar-refractivity contribution in [2.24, 2.45) is 0 Å². The van der Waals surface area contributed by atoms with E-state index >= 15 is 0 Å². The van der Waals surface area contributed by atoms with Gasteiger partial charge in [0.2, 0.25) is 11.9 Å². The SMILES string of the molecule is COC(=O)C1=C(C)N(c2cccc(C(F)(F)F)c2)C(=N)N(C(=O)NCC(=O)N(C)CCCCC[N+](C)(C)C)C1c1ccc(C#N)cc1. The van der Waals surface area contributed by atoms with E-state index < -0.39 is 48.2 Å². The molecule has 0 bridgehead atoms. The fourth-order valence-electron chi connectivity index (χ4n) is 5.22. The minimum absolute atomic E-state index is 0.0562. The highest BCUT2D eigenvalue weighted by Gasteiger charge is 2.44. The number of allylic oxidation sites excluding steroid dienone is 1.